The van der Waals surface area contributed by atoms with Gasteiger partial charge in [0.15, 0.2) is 0 Å². The van der Waals surface area contributed by atoms with E-state index in [1.165, 1.54) is 5.69 Å². The number of aromatic nitrogens is 2. The fourth-order valence-corrected chi connectivity index (χ4v) is 2.01. The number of thioether (sulfide) groups is 1. The minimum Gasteiger partial charge on any atom is -0.308 e. The molecule has 1 unspecified atom stereocenters. The van der Waals surface area contributed by atoms with Crippen LogP contribution in [0.5, 0.6) is 0 Å². The van der Waals surface area contributed by atoms with E-state index in [2.05, 4.69) is 29.7 Å². The summed E-state index contributed by atoms with van der Waals surface area (Å²) < 4.78 is 1.93. The molecule has 0 aliphatic rings. The molecule has 1 rings (SSSR count). The Morgan fingerprint density at radius 3 is 2.92 bits per heavy atom. The first kappa shape index (κ1) is 10.6. The zero-order valence-corrected chi connectivity index (χ0v) is 9.27. The van der Waals surface area contributed by atoms with Gasteiger partial charge in [-0.25, -0.2) is 0 Å². The normalized spacial score (nSPS) is 13.2. The van der Waals surface area contributed by atoms with Crippen molar-refractivity contribution in [1.82, 2.24) is 15.1 Å². The van der Waals surface area contributed by atoms with Gasteiger partial charge in [-0.05, 0) is 18.9 Å². The second kappa shape index (κ2) is 5.29. The maximum Gasteiger partial charge on any atom is 0.0583 e. The molecule has 0 saturated heterocycles. The summed E-state index contributed by atoms with van der Waals surface area (Å²) in [5, 5.41) is 7.61. The van der Waals surface area contributed by atoms with Gasteiger partial charge in [0.25, 0.3) is 0 Å². The fraction of sp³-hybridized carbons (Fsp3) is 0.667. The highest BCUT2D eigenvalue weighted by atomic mass is 32.2. The molecule has 0 fully saturated rings. The van der Waals surface area contributed by atoms with Crippen molar-refractivity contribution in [2.24, 2.45) is 7.05 Å². The smallest absolute Gasteiger partial charge is 0.0583 e. The van der Waals surface area contributed by atoms with Crippen LogP contribution in [0.2, 0.25) is 0 Å². The van der Waals surface area contributed by atoms with Gasteiger partial charge in [-0.2, -0.15) is 16.9 Å². The van der Waals surface area contributed by atoms with E-state index in [0.29, 0.717) is 6.04 Å². The van der Waals surface area contributed by atoms with Crippen LogP contribution in [0.25, 0.3) is 0 Å². The first-order valence-electron chi connectivity index (χ1n) is 4.49. The molecule has 3 nitrogen and oxygen atoms in total. The molecule has 0 aliphatic carbocycles. The summed E-state index contributed by atoms with van der Waals surface area (Å²) in [5.74, 6) is 1.09. The van der Waals surface area contributed by atoms with Crippen LogP contribution < -0.4 is 5.32 Å². The Kier molecular flexibility index (Phi) is 4.32. The average Bonchev–Trinajstić information content (AvgIpc) is 2.51. The quantitative estimate of drug-likeness (QED) is 0.778. The van der Waals surface area contributed by atoms with Crippen molar-refractivity contribution in [1.29, 1.82) is 0 Å². The summed E-state index contributed by atoms with van der Waals surface area (Å²) in [4.78, 5) is 0. The highest BCUT2D eigenvalue weighted by Gasteiger charge is 2.12. The third-order valence-electron chi connectivity index (χ3n) is 2.00. The van der Waals surface area contributed by atoms with Gasteiger partial charge in [-0.1, -0.05) is 6.92 Å². The zero-order valence-electron chi connectivity index (χ0n) is 8.45. The lowest BCUT2D eigenvalue weighted by molar-refractivity contribution is 0.553. The van der Waals surface area contributed by atoms with Gasteiger partial charge < -0.3 is 5.32 Å². The van der Waals surface area contributed by atoms with E-state index in [1.54, 1.807) is 0 Å². The Hall–Kier alpha value is -0.480. The summed E-state index contributed by atoms with van der Waals surface area (Å²) in [6.45, 7) is 3.13. The molecule has 1 aromatic rings. The monoisotopic (exact) mass is 199 g/mol. The van der Waals surface area contributed by atoms with Crippen LogP contribution >= 0.6 is 11.8 Å². The van der Waals surface area contributed by atoms with Crippen LogP contribution in [-0.2, 0) is 7.05 Å². The Bertz CT molecular complexity index is 241. The van der Waals surface area contributed by atoms with E-state index in [9.17, 15) is 0 Å². The summed E-state index contributed by atoms with van der Waals surface area (Å²) in [6.07, 6.45) is 3.97. The maximum atomic E-state index is 4.17. The second-order valence-corrected chi connectivity index (χ2v) is 3.86. The van der Waals surface area contributed by atoms with Gasteiger partial charge in [-0.15, -0.1) is 0 Å². The zero-order chi connectivity index (χ0) is 9.68. The predicted molar refractivity (Wildman–Crippen MR) is 58.0 cm³/mol. The molecule has 1 atom stereocenters. The Balaban J connectivity index is 2.69. The molecule has 0 amide bonds. The van der Waals surface area contributed by atoms with Crippen molar-refractivity contribution in [3.63, 3.8) is 0 Å². The SMILES string of the molecule is CCNC(CSC)c1ccnn1C. The van der Waals surface area contributed by atoms with Gasteiger partial charge in [0.2, 0.25) is 0 Å². The minimum absolute atomic E-state index is 0.424. The summed E-state index contributed by atoms with van der Waals surface area (Å²) in [5.41, 5.74) is 1.26. The van der Waals surface area contributed by atoms with Crippen molar-refractivity contribution in [3.05, 3.63) is 18.0 Å². The maximum absolute atomic E-state index is 4.17. The highest BCUT2D eigenvalue weighted by Crippen LogP contribution is 2.15. The number of hydrogen-bond acceptors (Lipinski definition) is 3. The van der Waals surface area contributed by atoms with Crippen LogP contribution in [0.3, 0.4) is 0 Å². The first-order valence-corrected chi connectivity index (χ1v) is 5.89. The van der Waals surface area contributed by atoms with Crippen molar-refractivity contribution in [2.75, 3.05) is 18.6 Å². The number of nitrogens with one attached hydrogen (secondary N) is 1. The van der Waals surface area contributed by atoms with Crippen molar-refractivity contribution < 1.29 is 0 Å². The van der Waals surface area contributed by atoms with E-state index in [0.717, 1.165) is 12.3 Å². The molecule has 0 radical (unpaired) electrons. The van der Waals surface area contributed by atoms with E-state index >= 15 is 0 Å². The molecule has 13 heavy (non-hydrogen) atoms. The Labute approximate surface area is 83.9 Å². The van der Waals surface area contributed by atoms with Gasteiger partial charge in [0.05, 0.1) is 11.7 Å². The first-order chi connectivity index (χ1) is 6.29. The lowest BCUT2D eigenvalue weighted by atomic mass is 10.2. The standard InChI is InChI=1S/C9H17N3S/c1-4-10-8(7-13-3)9-5-6-11-12(9)2/h5-6,8,10H,4,7H2,1-3H3. The van der Waals surface area contributed by atoms with Crippen LogP contribution in [0.15, 0.2) is 12.3 Å². The fourth-order valence-electron chi connectivity index (χ4n) is 1.39. The molecule has 4 heteroatoms. The molecule has 0 spiro atoms. The molecule has 0 bridgehead atoms. The lowest BCUT2D eigenvalue weighted by Gasteiger charge is -2.16. The highest BCUT2D eigenvalue weighted by molar-refractivity contribution is 7.98. The molecule has 74 valence electrons. The number of aryl methyl sites for hydroxylation is 1. The average molecular weight is 199 g/mol. The summed E-state index contributed by atoms with van der Waals surface area (Å²) in [7, 11) is 1.99. The van der Waals surface area contributed by atoms with Crippen LogP contribution in [0.1, 0.15) is 18.7 Å². The van der Waals surface area contributed by atoms with E-state index < -0.39 is 0 Å². The molecular formula is C9H17N3S. The number of hydrogen-bond donors (Lipinski definition) is 1. The largest absolute Gasteiger partial charge is 0.308 e. The van der Waals surface area contributed by atoms with Crippen molar-refractivity contribution in [2.45, 2.75) is 13.0 Å². The van der Waals surface area contributed by atoms with Gasteiger partial charge >= 0.3 is 0 Å². The molecule has 0 aromatic carbocycles. The molecule has 1 aromatic heterocycles. The minimum atomic E-state index is 0.424. The summed E-state index contributed by atoms with van der Waals surface area (Å²) in [6, 6.07) is 2.50. The molecule has 0 aliphatic heterocycles. The third kappa shape index (κ3) is 2.74. The van der Waals surface area contributed by atoms with Gasteiger partial charge in [0.1, 0.15) is 0 Å². The third-order valence-corrected chi connectivity index (χ3v) is 2.67. The van der Waals surface area contributed by atoms with Gasteiger partial charge in [0, 0.05) is 19.0 Å². The van der Waals surface area contributed by atoms with E-state index in [-0.39, 0.29) is 0 Å². The number of nitrogens with zero attached hydrogens (tertiary/aromatic N) is 2. The number of rotatable bonds is 5. The molecular weight excluding hydrogens is 182 g/mol. The van der Waals surface area contributed by atoms with E-state index in [4.69, 9.17) is 0 Å². The van der Waals surface area contributed by atoms with Crippen molar-refractivity contribution >= 4 is 11.8 Å². The lowest BCUT2D eigenvalue weighted by Crippen LogP contribution is -2.25. The Morgan fingerprint density at radius 1 is 1.69 bits per heavy atom. The van der Waals surface area contributed by atoms with Crippen LogP contribution in [0.4, 0.5) is 0 Å². The van der Waals surface area contributed by atoms with Gasteiger partial charge in [-0.3, -0.25) is 4.68 Å². The summed E-state index contributed by atoms with van der Waals surface area (Å²) >= 11 is 1.85. The van der Waals surface area contributed by atoms with E-state index in [1.807, 2.05) is 29.7 Å². The molecule has 0 saturated carbocycles. The topological polar surface area (TPSA) is 29.9 Å². The van der Waals surface area contributed by atoms with Crippen molar-refractivity contribution in [3.8, 4) is 0 Å². The predicted octanol–water partition coefficient (Wildman–Crippen LogP) is 1.43. The van der Waals surface area contributed by atoms with Crippen LogP contribution in [0, 0.1) is 0 Å². The molecule has 1 N–H and O–H groups in total. The Morgan fingerprint density at radius 2 is 2.46 bits per heavy atom. The molecule has 1 heterocycles. The second-order valence-electron chi connectivity index (χ2n) is 2.95. The van der Waals surface area contributed by atoms with Crippen LogP contribution in [-0.4, -0.2) is 28.3 Å².